The number of aliphatic hydroxyl groups excluding tert-OH is 1. The first-order valence-corrected chi connectivity index (χ1v) is 13.5. The molecule has 0 aliphatic carbocycles. The molecule has 216 valence electrons. The van der Waals surface area contributed by atoms with Crippen molar-refractivity contribution in [2.24, 2.45) is 5.92 Å². The van der Waals surface area contributed by atoms with Crippen LogP contribution in [0, 0.1) is 5.92 Å². The Bertz CT molecular complexity index is 1100. The van der Waals surface area contributed by atoms with E-state index in [9.17, 15) is 19.5 Å². The Kier molecular flexibility index (Phi) is 13.7. The number of aliphatic hydroxyl groups is 1. The number of ether oxygens (including phenoxy) is 2. The molecule has 0 aliphatic rings. The van der Waals surface area contributed by atoms with Gasteiger partial charge in [-0.3, -0.25) is 14.4 Å². The number of hydrogen-bond donors (Lipinski definition) is 3. The molecule has 0 aromatic heterocycles. The molecule has 2 amide bonds. The third-order valence-corrected chi connectivity index (χ3v) is 6.10. The van der Waals surface area contributed by atoms with Crippen molar-refractivity contribution in [3.63, 3.8) is 0 Å². The minimum Gasteiger partial charge on any atom is -0.489 e. The predicted molar refractivity (Wildman–Crippen MR) is 155 cm³/mol. The Balaban J connectivity index is 1.86. The summed E-state index contributed by atoms with van der Waals surface area (Å²) >= 11 is 0. The number of rotatable bonds is 18. The van der Waals surface area contributed by atoms with Crippen LogP contribution in [0.15, 0.2) is 79.9 Å². The van der Waals surface area contributed by atoms with Crippen molar-refractivity contribution in [1.82, 2.24) is 10.6 Å². The molecule has 0 aliphatic heterocycles. The van der Waals surface area contributed by atoms with Gasteiger partial charge in [-0.2, -0.15) is 0 Å². The van der Waals surface area contributed by atoms with Gasteiger partial charge >= 0.3 is 5.97 Å². The van der Waals surface area contributed by atoms with Gasteiger partial charge < -0.3 is 25.2 Å². The number of esters is 1. The van der Waals surface area contributed by atoms with Crippen molar-refractivity contribution in [3.8, 4) is 5.75 Å². The maximum absolute atomic E-state index is 13.0. The van der Waals surface area contributed by atoms with E-state index in [4.69, 9.17) is 9.47 Å². The van der Waals surface area contributed by atoms with Gasteiger partial charge in [-0.15, -0.1) is 13.2 Å². The van der Waals surface area contributed by atoms with Crippen molar-refractivity contribution < 1.29 is 29.0 Å². The number of allylic oxidation sites excluding steroid dienone is 2. The highest BCUT2D eigenvalue weighted by Gasteiger charge is 2.28. The Morgan fingerprint density at radius 1 is 1.00 bits per heavy atom. The highest BCUT2D eigenvalue weighted by Crippen LogP contribution is 2.17. The summed E-state index contributed by atoms with van der Waals surface area (Å²) in [5, 5.41) is 15.6. The molecule has 0 spiro atoms. The van der Waals surface area contributed by atoms with E-state index < -0.39 is 17.5 Å². The van der Waals surface area contributed by atoms with Crippen LogP contribution in [-0.2, 0) is 32.1 Å². The summed E-state index contributed by atoms with van der Waals surface area (Å²) in [6.07, 6.45) is 4.61. The van der Waals surface area contributed by atoms with Crippen LogP contribution in [0.2, 0.25) is 0 Å². The van der Waals surface area contributed by atoms with Gasteiger partial charge in [-0.05, 0) is 56.4 Å². The molecule has 0 radical (unpaired) electrons. The van der Waals surface area contributed by atoms with Crippen molar-refractivity contribution in [2.45, 2.75) is 64.1 Å². The Hall–Kier alpha value is -3.91. The molecule has 8 nitrogen and oxygen atoms in total. The summed E-state index contributed by atoms with van der Waals surface area (Å²) in [5.74, 6) is -0.987. The second-order valence-electron chi connectivity index (χ2n) is 10.4. The first kappa shape index (κ1) is 32.3. The lowest BCUT2D eigenvalue weighted by Crippen LogP contribution is -2.50. The SMILES string of the molecule is C=CCCC(=O)OCC(C)(C)NC(=O)C(CC=C)CC(=O)NC(CO)Cc1ccc(OCc2ccccc2)cc1. The van der Waals surface area contributed by atoms with E-state index in [0.29, 0.717) is 25.9 Å². The Morgan fingerprint density at radius 2 is 1.70 bits per heavy atom. The fourth-order valence-electron chi connectivity index (χ4n) is 3.93. The Morgan fingerprint density at radius 3 is 2.33 bits per heavy atom. The van der Waals surface area contributed by atoms with E-state index in [1.54, 1.807) is 26.0 Å². The van der Waals surface area contributed by atoms with E-state index in [2.05, 4.69) is 23.8 Å². The molecule has 2 aromatic carbocycles. The molecule has 0 heterocycles. The molecular weight excluding hydrogens is 508 g/mol. The number of carbonyl (C=O) groups excluding carboxylic acids is 3. The Labute approximate surface area is 237 Å². The van der Waals surface area contributed by atoms with Crippen LogP contribution >= 0.6 is 0 Å². The molecular formula is C32H42N2O6. The maximum Gasteiger partial charge on any atom is 0.306 e. The molecule has 0 fully saturated rings. The molecule has 2 unspecified atom stereocenters. The summed E-state index contributed by atoms with van der Waals surface area (Å²) in [7, 11) is 0. The minimum absolute atomic E-state index is 0.00436. The van der Waals surface area contributed by atoms with Gasteiger partial charge in [-0.25, -0.2) is 0 Å². The third-order valence-electron chi connectivity index (χ3n) is 6.10. The topological polar surface area (TPSA) is 114 Å². The van der Waals surface area contributed by atoms with Crippen LogP contribution in [-0.4, -0.2) is 47.7 Å². The summed E-state index contributed by atoms with van der Waals surface area (Å²) in [4.78, 5) is 37.6. The van der Waals surface area contributed by atoms with E-state index in [0.717, 1.165) is 16.9 Å². The first-order valence-electron chi connectivity index (χ1n) is 13.5. The predicted octanol–water partition coefficient (Wildman–Crippen LogP) is 4.27. The van der Waals surface area contributed by atoms with Crippen LogP contribution in [0.1, 0.15) is 50.7 Å². The smallest absolute Gasteiger partial charge is 0.306 e. The number of amides is 2. The number of nitrogens with one attached hydrogen (secondary N) is 2. The average Bonchev–Trinajstić information content (AvgIpc) is 2.94. The zero-order chi connectivity index (χ0) is 29.4. The summed E-state index contributed by atoms with van der Waals surface area (Å²) in [6.45, 7) is 11.0. The maximum atomic E-state index is 13.0. The number of hydrogen-bond acceptors (Lipinski definition) is 6. The molecule has 2 aromatic rings. The number of benzene rings is 2. The van der Waals surface area contributed by atoms with Gasteiger partial charge in [0, 0.05) is 12.8 Å². The third kappa shape index (κ3) is 12.3. The molecule has 40 heavy (non-hydrogen) atoms. The lowest BCUT2D eigenvalue weighted by molar-refractivity contribution is -0.146. The first-order chi connectivity index (χ1) is 19.2. The van der Waals surface area contributed by atoms with Gasteiger partial charge in [0.1, 0.15) is 19.0 Å². The van der Waals surface area contributed by atoms with Gasteiger partial charge in [-0.1, -0.05) is 54.6 Å². The van der Waals surface area contributed by atoms with Crippen molar-refractivity contribution >= 4 is 17.8 Å². The van der Waals surface area contributed by atoms with Crippen molar-refractivity contribution in [3.05, 3.63) is 91.0 Å². The lowest BCUT2D eigenvalue weighted by Gasteiger charge is -2.28. The van der Waals surface area contributed by atoms with E-state index in [1.807, 2.05) is 54.6 Å². The van der Waals surface area contributed by atoms with Crippen molar-refractivity contribution in [2.75, 3.05) is 13.2 Å². The second kappa shape index (κ2) is 16.9. The van der Waals surface area contributed by atoms with Gasteiger partial charge in [0.15, 0.2) is 0 Å². The fraction of sp³-hybridized carbons (Fsp3) is 0.406. The van der Waals surface area contributed by atoms with Crippen LogP contribution in [0.3, 0.4) is 0 Å². The zero-order valence-electron chi connectivity index (χ0n) is 23.6. The fourth-order valence-corrected chi connectivity index (χ4v) is 3.93. The molecule has 8 heteroatoms. The molecule has 0 bridgehead atoms. The van der Waals surface area contributed by atoms with Crippen LogP contribution in [0.4, 0.5) is 0 Å². The second-order valence-corrected chi connectivity index (χ2v) is 10.4. The van der Waals surface area contributed by atoms with Gasteiger partial charge in [0.2, 0.25) is 11.8 Å². The van der Waals surface area contributed by atoms with Crippen LogP contribution in [0.25, 0.3) is 0 Å². The normalized spacial score (nSPS) is 12.5. The largest absolute Gasteiger partial charge is 0.489 e. The molecule has 2 atom stereocenters. The van der Waals surface area contributed by atoms with Crippen LogP contribution in [0.5, 0.6) is 5.75 Å². The summed E-state index contributed by atoms with van der Waals surface area (Å²) in [5.41, 5.74) is 1.18. The molecule has 2 rings (SSSR count). The zero-order valence-corrected chi connectivity index (χ0v) is 23.6. The lowest BCUT2D eigenvalue weighted by atomic mass is 9.97. The highest BCUT2D eigenvalue weighted by atomic mass is 16.5. The minimum atomic E-state index is -0.818. The molecule has 0 saturated heterocycles. The highest BCUT2D eigenvalue weighted by molar-refractivity contribution is 5.86. The van der Waals surface area contributed by atoms with E-state index >= 15 is 0 Å². The van der Waals surface area contributed by atoms with Gasteiger partial charge in [0.25, 0.3) is 0 Å². The average molecular weight is 551 g/mol. The molecule has 3 N–H and O–H groups in total. The standard InChI is InChI=1S/C32H42N2O6/c1-5-7-14-30(37)40-23-32(3,4)34-31(38)26(11-6-2)20-29(36)33-27(21-35)19-24-15-17-28(18-16-24)39-22-25-12-9-8-10-13-25/h5-6,8-10,12-13,15-18,26-27,35H,1-2,7,11,14,19-23H2,3-4H3,(H,33,36)(H,34,38). The van der Waals surface area contributed by atoms with Crippen LogP contribution < -0.4 is 15.4 Å². The summed E-state index contributed by atoms with van der Waals surface area (Å²) in [6, 6.07) is 16.9. The molecule has 0 saturated carbocycles. The monoisotopic (exact) mass is 550 g/mol. The summed E-state index contributed by atoms with van der Waals surface area (Å²) < 4.78 is 11.1. The van der Waals surface area contributed by atoms with Crippen molar-refractivity contribution in [1.29, 1.82) is 0 Å². The van der Waals surface area contributed by atoms with Gasteiger partial charge in [0.05, 0.1) is 24.1 Å². The van der Waals surface area contributed by atoms with E-state index in [-0.39, 0.29) is 43.8 Å². The number of carbonyl (C=O) groups is 3. The quantitative estimate of drug-likeness (QED) is 0.189. The van der Waals surface area contributed by atoms with E-state index in [1.165, 1.54) is 0 Å².